The standard InChI is InChI=1S/C20H18FN3O2/c1-12-3-4-14(9-13(12)2)20-22-19(23-26-20)15-10-18(25)24(11-15)17-7-5-16(21)6-8-17/h3-9,15H,10-11H2,1-2H3/t15-/m1/s1. The van der Waals surface area contributed by atoms with Crippen molar-refractivity contribution in [3.63, 3.8) is 0 Å². The van der Waals surface area contributed by atoms with E-state index in [9.17, 15) is 9.18 Å². The van der Waals surface area contributed by atoms with Crippen LogP contribution in [0.2, 0.25) is 0 Å². The first kappa shape index (κ1) is 16.4. The fourth-order valence-electron chi connectivity index (χ4n) is 3.14. The van der Waals surface area contributed by atoms with Gasteiger partial charge in [-0.05, 0) is 61.4 Å². The second-order valence-corrected chi connectivity index (χ2v) is 6.64. The number of carbonyl (C=O) groups excluding carboxylic acids is 1. The number of hydrogen-bond donors (Lipinski definition) is 0. The summed E-state index contributed by atoms with van der Waals surface area (Å²) in [6.45, 7) is 4.54. The average Bonchev–Trinajstić information content (AvgIpc) is 3.25. The third-order valence-electron chi connectivity index (χ3n) is 4.82. The zero-order valence-electron chi connectivity index (χ0n) is 14.6. The third-order valence-corrected chi connectivity index (χ3v) is 4.82. The maximum atomic E-state index is 13.1. The summed E-state index contributed by atoms with van der Waals surface area (Å²) in [5, 5.41) is 4.08. The van der Waals surface area contributed by atoms with Crippen LogP contribution in [0.1, 0.15) is 29.3 Å². The molecule has 5 nitrogen and oxygen atoms in total. The minimum absolute atomic E-state index is 0.0286. The number of benzene rings is 2. The van der Waals surface area contributed by atoms with Crippen molar-refractivity contribution in [2.75, 3.05) is 11.4 Å². The van der Waals surface area contributed by atoms with Crippen LogP contribution < -0.4 is 4.90 Å². The highest BCUT2D eigenvalue weighted by molar-refractivity contribution is 5.96. The van der Waals surface area contributed by atoms with Crippen LogP contribution in [0, 0.1) is 19.7 Å². The summed E-state index contributed by atoms with van der Waals surface area (Å²) < 4.78 is 18.5. The minimum Gasteiger partial charge on any atom is -0.334 e. The molecule has 26 heavy (non-hydrogen) atoms. The summed E-state index contributed by atoms with van der Waals surface area (Å²) in [5.74, 6) is 0.482. The predicted molar refractivity (Wildman–Crippen MR) is 95.3 cm³/mol. The first-order valence-electron chi connectivity index (χ1n) is 8.48. The maximum Gasteiger partial charge on any atom is 0.257 e. The van der Waals surface area contributed by atoms with E-state index in [0.29, 0.717) is 30.4 Å². The Hall–Kier alpha value is -3.02. The SMILES string of the molecule is Cc1ccc(-c2nc([C@@H]3CC(=O)N(c4ccc(F)cc4)C3)no2)cc1C. The lowest BCUT2D eigenvalue weighted by molar-refractivity contribution is -0.117. The predicted octanol–water partition coefficient (Wildman–Crippen LogP) is 4.01. The highest BCUT2D eigenvalue weighted by atomic mass is 19.1. The van der Waals surface area contributed by atoms with Gasteiger partial charge >= 0.3 is 0 Å². The van der Waals surface area contributed by atoms with Gasteiger partial charge in [-0.15, -0.1) is 0 Å². The summed E-state index contributed by atoms with van der Waals surface area (Å²) >= 11 is 0. The second-order valence-electron chi connectivity index (χ2n) is 6.64. The summed E-state index contributed by atoms with van der Waals surface area (Å²) in [6.07, 6.45) is 0.309. The van der Waals surface area contributed by atoms with Crippen molar-refractivity contribution in [3.05, 3.63) is 65.2 Å². The number of amides is 1. The van der Waals surface area contributed by atoms with E-state index < -0.39 is 0 Å². The van der Waals surface area contributed by atoms with Gasteiger partial charge in [0.2, 0.25) is 5.91 Å². The van der Waals surface area contributed by atoms with Crippen molar-refractivity contribution in [1.82, 2.24) is 10.1 Å². The molecule has 1 amide bonds. The molecular weight excluding hydrogens is 333 g/mol. The first-order chi connectivity index (χ1) is 12.5. The quantitative estimate of drug-likeness (QED) is 0.715. The summed E-state index contributed by atoms with van der Waals surface area (Å²) in [5.41, 5.74) is 3.90. The third kappa shape index (κ3) is 2.98. The highest BCUT2D eigenvalue weighted by Gasteiger charge is 2.34. The first-order valence-corrected chi connectivity index (χ1v) is 8.48. The molecule has 1 aliphatic heterocycles. The Labute approximate surface area is 150 Å². The Morgan fingerprint density at radius 2 is 1.88 bits per heavy atom. The summed E-state index contributed by atoms with van der Waals surface area (Å²) in [4.78, 5) is 18.5. The van der Waals surface area contributed by atoms with E-state index in [4.69, 9.17) is 4.52 Å². The van der Waals surface area contributed by atoms with Crippen LogP contribution >= 0.6 is 0 Å². The van der Waals surface area contributed by atoms with E-state index in [2.05, 4.69) is 10.1 Å². The molecular formula is C20H18FN3O2. The van der Waals surface area contributed by atoms with Gasteiger partial charge in [-0.3, -0.25) is 4.79 Å². The van der Waals surface area contributed by atoms with Crippen molar-refractivity contribution >= 4 is 11.6 Å². The van der Waals surface area contributed by atoms with Crippen molar-refractivity contribution in [1.29, 1.82) is 0 Å². The van der Waals surface area contributed by atoms with Crippen LogP contribution in [0.5, 0.6) is 0 Å². The summed E-state index contributed by atoms with van der Waals surface area (Å²) in [6, 6.07) is 11.9. The van der Waals surface area contributed by atoms with E-state index in [1.807, 2.05) is 32.0 Å². The highest BCUT2D eigenvalue weighted by Crippen LogP contribution is 2.31. The molecule has 1 fully saturated rings. The van der Waals surface area contributed by atoms with Crippen molar-refractivity contribution in [2.45, 2.75) is 26.2 Å². The monoisotopic (exact) mass is 351 g/mol. The zero-order valence-corrected chi connectivity index (χ0v) is 14.6. The fourth-order valence-corrected chi connectivity index (χ4v) is 3.14. The molecule has 3 aromatic rings. The lowest BCUT2D eigenvalue weighted by Gasteiger charge is -2.15. The van der Waals surface area contributed by atoms with Gasteiger partial charge in [-0.1, -0.05) is 11.2 Å². The molecule has 1 aromatic heterocycles. The molecule has 1 saturated heterocycles. The van der Waals surface area contributed by atoms with Gasteiger partial charge in [0.15, 0.2) is 5.82 Å². The van der Waals surface area contributed by atoms with Gasteiger partial charge in [0.1, 0.15) is 5.82 Å². The molecule has 0 spiro atoms. The van der Waals surface area contributed by atoms with Crippen LogP contribution in [0.15, 0.2) is 47.0 Å². The van der Waals surface area contributed by atoms with Gasteiger partial charge in [0.25, 0.3) is 5.89 Å². The van der Waals surface area contributed by atoms with E-state index in [1.54, 1.807) is 17.0 Å². The molecule has 1 atom stereocenters. The number of nitrogens with zero attached hydrogens (tertiary/aromatic N) is 3. The Morgan fingerprint density at radius 3 is 2.62 bits per heavy atom. The minimum atomic E-state index is -0.326. The van der Waals surface area contributed by atoms with Crippen LogP contribution in [0.25, 0.3) is 11.5 Å². The number of aryl methyl sites for hydroxylation is 2. The molecule has 2 heterocycles. The number of rotatable bonds is 3. The van der Waals surface area contributed by atoms with Gasteiger partial charge in [0.05, 0.1) is 0 Å². The van der Waals surface area contributed by atoms with Gasteiger partial charge < -0.3 is 9.42 Å². The average molecular weight is 351 g/mol. The number of carbonyl (C=O) groups is 1. The van der Waals surface area contributed by atoms with Crippen LogP contribution in [-0.2, 0) is 4.79 Å². The Morgan fingerprint density at radius 1 is 1.12 bits per heavy atom. The van der Waals surface area contributed by atoms with Gasteiger partial charge in [0, 0.05) is 30.1 Å². The Bertz CT molecular complexity index is 965. The molecule has 0 N–H and O–H groups in total. The number of hydrogen-bond acceptors (Lipinski definition) is 4. The molecule has 0 saturated carbocycles. The van der Waals surface area contributed by atoms with Crippen LogP contribution in [0.3, 0.4) is 0 Å². The van der Waals surface area contributed by atoms with Gasteiger partial charge in [-0.2, -0.15) is 4.98 Å². The van der Waals surface area contributed by atoms with Crippen LogP contribution in [-0.4, -0.2) is 22.6 Å². The Balaban J connectivity index is 1.55. The van der Waals surface area contributed by atoms with E-state index in [0.717, 1.165) is 11.1 Å². The molecule has 2 aromatic carbocycles. The van der Waals surface area contributed by atoms with Crippen molar-refractivity contribution in [2.24, 2.45) is 0 Å². The number of aromatic nitrogens is 2. The number of anilines is 1. The molecule has 0 aliphatic carbocycles. The second kappa shape index (κ2) is 6.37. The molecule has 4 rings (SSSR count). The molecule has 0 unspecified atom stereocenters. The molecule has 1 aliphatic rings. The lowest BCUT2D eigenvalue weighted by atomic mass is 10.1. The fraction of sp³-hybridized carbons (Fsp3) is 0.250. The van der Waals surface area contributed by atoms with Crippen LogP contribution in [0.4, 0.5) is 10.1 Å². The molecule has 6 heteroatoms. The topological polar surface area (TPSA) is 59.2 Å². The van der Waals surface area contributed by atoms with Crippen molar-refractivity contribution in [3.8, 4) is 11.5 Å². The smallest absolute Gasteiger partial charge is 0.257 e. The molecule has 0 radical (unpaired) electrons. The maximum absolute atomic E-state index is 13.1. The van der Waals surface area contributed by atoms with E-state index in [-0.39, 0.29) is 17.6 Å². The summed E-state index contributed by atoms with van der Waals surface area (Å²) in [7, 11) is 0. The Kier molecular flexibility index (Phi) is 4.03. The van der Waals surface area contributed by atoms with Crippen molar-refractivity contribution < 1.29 is 13.7 Å². The lowest BCUT2D eigenvalue weighted by Crippen LogP contribution is -2.24. The largest absolute Gasteiger partial charge is 0.334 e. The normalized spacial score (nSPS) is 17.1. The van der Waals surface area contributed by atoms with Gasteiger partial charge in [-0.25, -0.2) is 4.39 Å². The van der Waals surface area contributed by atoms with E-state index in [1.165, 1.54) is 17.7 Å². The number of halogens is 1. The van der Waals surface area contributed by atoms with E-state index >= 15 is 0 Å². The zero-order chi connectivity index (χ0) is 18.3. The molecule has 132 valence electrons. The molecule has 0 bridgehead atoms.